The first-order valence-electron chi connectivity index (χ1n) is 6.32. The van der Waals surface area contributed by atoms with Crippen LogP contribution in [-0.2, 0) is 16.0 Å². The first kappa shape index (κ1) is 15.0. The minimum Gasteiger partial charge on any atom is -0.469 e. The molecule has 0 amide bonds. The van der Waals surface area contributed by atoms with Gasteiger partial charge < -0.3 is 10.1 Å². The number of esters is 1. The van der Waals surface area contributed by atoms with E-state index < -0.39 is 5.54 Å². The average Bonchev–Trinajstić information content (AvgIpc) is 2.40. The molecule has 1 aromatic rings. The number of hydrogen-bond acceptors (Lipinski definition) is 4. The lowest BCUT2D eigenvalue weighted by atomic mass is 10.1. The predicted molar refractivity (Wildman–Crippen MR) is 74.7 cm³/mol. The molecule has 4 nitrogen and oxygen atoms in total. The van der Waals surface area contributed by atoms with Crippen molar-refractivity contribution in [1.82, 2.24) is 0 Å². The number of hydrogen-bond donors (Lipinski definition) is 1. The van der Waals surface area contributed by atoms with Crippen LogP contribution in [0.25, 0.3) is 0 Å². The highest BCUT2D eigenvalue weighted by molar-refractivity contribution is 5.69. The Kier molecular flexibility index (Phi) is 5.37. The number of aryl methyl sites for hydroxylation is 1. The van der Waals surface area contributed by atoms with E-state index in [0.717, 1.165) is 18.5 Å². The van der Waals surface area contributed by atoms with E-state index >= 15 is 0 Å². The van der Waals surface area contributed by atoms with Crippen molar-refractivity contribution < 1.29 is 9.53 Å². The van der Waals surface area contributed by atoms with Crippen molar-refractivity contribution in [3.8, 4) is 6.07 Å². The summed E-state index contributed by atoms with van der Waals surface area (Å²) in [7, 11) is 1.40. The van der Waals surface area contributed by atoms with Gasteiger partial charge in [0.1, 0.15) is 5.54 Å². The SMILES string of the molecule is COC(=O)CCCc1ccc(NC(C)(C)C#N)cc1. The van der Waals surface area contributed by atoms with Crippen LogP contribution in [0.15, 0.2) is 24.3 Å². The quantitative estimate of drug-likeness (QED) is 0.799. The second-order valence-electron chi connectivity index (χ2n) is 4.99. The summed E-state index contributed by atoms with van der Waals surface area (Å²) in [5, 5.41) is 12.1. The zero-order valence-corrected chi connectivity index (χ0v) is 11.7. The van der Waals surface area contributed by atoms with Crippen molar-refractivity contribution >= 4 is 11.7 Å². The molecule has 1 rings (SSSR count). The fourth-order valence-corrected chi connectivity index (χ4v) is 1.68. The molecule has 0 saturated heterocycles. The number of anilines is 1. The van der Waals surface area contributed by atoms with Crippen molar-refractivity contribution in [1.29, 1.82) is 5.26 Å². The van der Waals surface area contributed by atoms with Gasteiger partial charge in [-0.25, -0.2) is 0 Å². The molecule has 0 saturated carbocycles. The lowest BCUT2D eigenvalue weighted by Crippen LogP contribution is -2.28. The van der Waals surface area contributed by atoms with Gasteiger partial charge in [-0.15, -0.1) is 0 Å². The second kappa shape index (κ2) is 6.79. The molecule has 0 fully saturated rings. The van der Waals surface area contributed by atoms with Gasteiger partial charge in [0.2, 0.25) is 0 Å². The van der Waals surface area contributed by atoms with Crippen LogP contribution in [0.3, 0.4) is 0 Å². The minimum atomic E-state index is -0.577. The van der Waals surface area contributed by atoms with Gasteiger partial charge in [0, 0.05) is 12.1 Å². The number of carbonyl (C=O) groups excluding carboxylic acids is 1. The molecule has 0 unspecified atom stereocenters. The molecule has 102 valence electrons. The Hall–Kier alpha value is -2.02. The third-order valence-corrected chi connectivity index (χ3v) is 2.76. The highest BCUT2D eigenvalue weighted by Gasteiger charge is 2.15. The molecule has 0 atom stereocenters. The van der Waals surface area contributed by atoms with Crippen LogP contribution in [0.2, 0.25) is 0 Å². The third-order valence-electron chi connectivity index (χ3n) is 2.76. The Labute approximate surface area is 114 Å². The maximum atomic E-state index is 11.0. The van der Waals surface area contributed by atoms with Crippen molar-refractivity contribution in [2.24, 2.45) is 0 Å². The molecule has 0 spiro atoms. The van der Waals surface area contributed by atoms with E-state index in [1.54, 1.807) is 0 Å². The van der Waals surface area contributed by atoms with Crippen LogP contribution in [0.1, 0.15) is 32.3 Å². The number of ether oxygens (including phenoxy) is 1. The third kappa shape index (κ3) is 5.43. The number of benzene rings is 1. The topological polar surface area (TPSA) is 62.1 Å². The Morgan fingerprint density at radius 2 is 2.00 bits per heavy atom. The van der Waals surface area contributed by atoms with E-state index in [1.807, 2.05) is 38.1 Å². The Morgan fingerprint density at radius 3 is 2.53 bits per heavy atom. The lowest BCUT2D eigenvalue weighted by Gasteiger charge is -2.19. The Bertz CT molecular complexity index is 458. The standard InChI is InChI=1S/C15H20N2O2/c1-15(2,11-16)17-13-9-7-12(8-10-13)5-4-6-14(18)19-3/h7-10,17H,4-6H2,1-3H3. The van der Waals surface area contributed by atoms with Gasteiger partial charge in [-0.05, 0) is 44.4 Å². The summed E-state index contributed by atoms with van der Waals surface area (Å²) in [5.41, 5.74) is 1.51. The molecule has 0 bridgehead atoms. The summed E-state index contributed by atoms with van der Waals surface area (Å²) in [4.78, 5) is 11.0. The summed E-state index contributed by atoms with van der Waals surface area (Å²) < 4.78 is 4.59. The highest BCUT2D eigenvalue weighted by Crippen LogP contribution is 2.16. The maximum Gasteiger partial charge on any atom is 0.305 e. The van der Waals surface area contributed by atoms with Gasteiger partial charge in [0.25, 0.3) is 0 Å². The second-order valence-corrected chi connectivity index (χ2v) is 4.99. The van der Waals surface area contributed by atoms with Crippen LogP contribution in [0.4, 0.5) is 5.69 Å². The van der Waals surface area contributed by atoms with Gasteiger partial charge in [-0.1, -0.05) is 12.1 Å². The smallest absolute Gasteiger partial charge is 0.305 e. The van der Waals surface area contributed by atoms with Crippen molar-refractivity contribution in [3.63, 3.8) is 0 Å². The lowest BCUT2D eigenvalue weighted by molar-refractivity contribution is -0.140. The monoisotopic (exact) mass is 260 g/mol. The van der Waals surface area contributed by atoms with Gasteiger partial charge in [-0.2, -0.15) is 5.26 Å². The van der Waals surface area contributed by atoms with E-state index in [9.17, 15) is 4.79 Å². The molecule has 0 radical (unpaired) electrons. The normalized spacial score (nSPS) is 10.6. The summed E-state index contributed by atoms with van der Waals surface area (Å²) in [6, 6.07) is 10.1. The number of nitrogens with one attached hydrogen (secondary N) is 1. The number of nitrogens with zero attached hydrogens (tertiary/aromatic N) is 1. The van der Waals surface area contributed by atoms with Crippen molar-refractivity contribution in [3.05, 3.63) is 29.8 Å². The highest BCUT2D eigenvalue weighted by atomic mass is 16.5. The molecule has 1 aromatic carbocycles. The molecule has 0 aliphatic carbocycles. The predicted octanol–water partition coefficient (Wildman–Crippen LogP) is 2.90. The zero-order valence-electron chi connectivity index (χ0n) is 11.7. The number of methoxy groups -OCH3 is 1. The molecule has 0 aliphatic heterocycles. The van der Waals surface area contributed by atoms with Crippen LogP contribution in [0, 0.1) is 11.3 Å². The number of nitriles is 1. The van der Waals surface area contributed by atoms with Crippen LogP contribution < -0.4 is 5.32 Å². The molecule has 0 aromatic heterocycles. The first-order valence-corrected chi connectivity index (χ1v) is 6.32. The van der Waals surface area contributed by atoms with E-state index in [0.29, 0.717) is 6.42 Å². The van der Waals surface area contributed by atoms with Crippen molar-refractivity contribution in [2.45, 2.75) is 38.6 Å². The fourth-order valence-electron chi connectivity index (χ4n) is 1.68. The first-order chi connectivity index (χ1) is 8.96. The summed E-state index contributed by atoms with van der Waals surface area (Å²) in [5.74, 6) is -0.172. The van der Waals surface area contributed by atoms with E-state index in [-0.39, 0.29) is 5.97 Å². The van der Waals surface area contributed by atoms with Gasteiger partial charge in [-0.3, -0.25) is 4.79 Å². The Morgan fingerprint density at radius 1 is 1.37 bits per heavy atom. The summed E-state index contributed by atoms with van der Waals surface area (Å²) in [6.07, 6.45) is 2.07. The van der Waals surface area contributed by atoms with E-state index in [4.69, 9.17) is 5.26 Å². The van der Waals surface area contributed by atoms with Crippen LogP contribution in [0.5, 0.6) is 0 Å². The molecule has 0 aliphatic rings. The molecule has 0 heterocycles. The van der Waals surface area contributed by atoms with Gasteiger partial charge >= 0.3 is 5.97 Å². The number of rotatable bonds is 6. The van der Waals surface area contributed by atoms with Crippen molar-refractivity contribution in [2.75, 3.05) is 12.4 Å². The zero-order chi connectivity index (χ0) is 14.3. The van der Waals surface area contributed by atoms with E-state index in [2.05, 4.69) is 16.1 Å². The molecule has 1 N–H and O–H groups in total. The van der Waals surface area contributed by atoms with E-state index in [1.165, 1.54) is 12.7 Å². The molecular formula is C15H20N2O2. The van der Waals surface area contributed by atoms with Crippen LogP contribution >= 0.6 is 0 Å². The average molecular weight is 260 g/mol. The largest absolute Gasteiger partial charge is 0.469 e. The molecular weight excluding hydrogens is 240 g/mol. The number of carbonyl (C=O) groups is 1. The molecule has 4 heteroatoms. The minimum absolute atomic E-state index is 0.172. The summed E-state index contributed by atoms with van der Waals surface area (Å²) >= 11 is 0. The van der Waals surface area contributed by atoms with Gasteiger partial charge in [0.05, 0.1) is 13.2 Å². The van der Waals surface area contributed by atoms with Crippen LogP contribution in [-0.4, -0.2) is 18.6 Å². The summed E-state index contributed by atoms with van der Waals surface area (Å²) in [6.45, 7) is 3.66. The van der Waals surface area contributed by atoms with Gasteiger partial charge in [0.15, 0.2) is 0 Å². The maximum absolute atomic E-state index is 11.0. The fraction of sp³-hybridized carbons (Fsp3) is 0.467. The molecule has 19 heavy (non-hydrogen) atoms. The Balaban J connectivity index is 2.48.